The summed E-state index contributed by atoms with van der Waals surface area (Å²) in [6.45, 7) is 1.81. The number of pyridine rings is 2. The van der Waals surface area contributed by atoms with E-state index in [2.05, 4.69) is 20.5 Å². The molecule has 0 aliphatic carbocycles. The second-order valence-electron chi connectivity index (χ2n) is 6.50. The largest absolute Gasteiger partial charge is 0.508 e. The fourth-order valence-electron chi connectivity index (χ4n) is 2.98. The molecule has 0 atom stereocenters. The highest BCUT2D eigenvalue weighted by atomic mass is 16.3. The third-order valence-electron chi connectivity index (χ3n) is 4.53. The highest BCUT2D eigenvalue weighted by Gasteiger charge is 2.14. The first-order valence-electron chi connectivity index (χ1n) is 9.06. The Bertz CT molecular complexity index is 1200. The number of hydrogen-bond acceptors (Lipinski definition) is 5. The zero-order valence-electron chi connectivity index (χ0n) is 15.7. The number of carbonyl (C=O) groups excluding carboxylic acids is 1. The van der Waals surface area contributed by atoms with Crippen LogP contribution in [-0.4, -0.2) is 26.7 Å². The van der Waals surface area contributed by atoms with Crippen LogP contribution in [0.5, 0.6) is 5.75 Å². The van der Waals surface area contributed by atoms with Gasteiger partial charge in [0, 0.05) is 28.9 Å². The van der Waals surface area contributed by atoms with Gasteiger partial charge >= 0.3 is 0 Å². The van der Waals surface area contributed by atoms with Crippen molar-refractivity contribution in [2.75, 3.05) is 0 Å². The van der Waals surface area contributed by atoms with Crippen molar-refractivity contribution in [2.45, 2.75) is 6.92 Å². The lowest BCUT2D eigenvalue weighted by atomic mass is 10.0. The molecular weight excluding hydrogens is 364 g/mol. The lowest BCUT2D eigenvalue weighted by Gasteiger charge is -2.09. The van der Waals surface area contributed by atoms with E-state index in [1.807, 2.05) is 43.3 Å². The van der Waals surface area contributed by atoms with Crippen LogP contribution < -0.4 is 5.43 Å². The number of para-hydroxylation sites is 1. The first-order valence-corrected chi connectivity index (χ1v) is 9.06. The van der Waals surface area contributed by atoms with E-state index in [4.69, 9.17) is 0 Å². The smallest absolute Gasteiger partial charge is 0.272 e. The molecule has 6 nitrogen and oxygen atoms in total. The Morgan fingerprint density at radius 3 is 2.59 bits per heavy atom. The Hall–Kier alpha value is -4.06. The first kappa shape index (κ1) is 18.3. The predicted octanol–water partition coefficient (Wildman–Crippen LogP) is 4.16. The van der Waals surface area contributed by atoms with E-state index in [-0.39, 0.29) is 11.7 Å². The number of benzene rings is 2. The highest BCUT2D eigenvalue weighted by molar-refractivity contribution is 6.08. The maximum atomic E-state index is 12.9. The summed E-state index contributed by atoms with van der Waals surface area (Å²) in [7, 11) is 0. The molecule has 2 N–H and O–H groups in total. The van der Waals surface area contributed by atoms with Crippen molar-refractivity contribution in [1.82, 2.24) is 15.4 Å². The molecule has 2 heterocycles. The second-order valence-corrected chi connectivity index (χ2v) is 6.50. The Morgan fingerprint density at radius 2 is 1.83 bits per heavy atom. The summed E-state index contributed by atoms with van der Waals surface area (Å²) < 4.78 is 0. The van der Waals surface area contributed by atoms with Crippen LogP contribution >= 0.6 is 0 Å². The standard InChI is InChI=1S/C23H18N4O2/c1-15(17-5-4-12-24-14-17)26-27-23(29)20-13-22(16-8-10-18(28)11-9-16)25-21-7-3-2-6-19(20)21/h2-14,28H,1H3,(H,27,29)/b26-15+. The molecule has 0 bridgehead atoms. The Kier molecular flexibility index (Phi) is 4.99. The van der Waals surface area contributed by atoms with E-state index in [0.29, 0.717) is 22.5 Å². The second kappa shape index (κ2) is 7.90. The van der Waals surface area contributed by atoms with Gasteiger partial charge in [0.2, 0.25) is 0 Å². The summed E-state index contributed by atoms with van der Waals surface area (Å²) in [5.41, 5.74) is 6.74. The monoisotopic (exact) mass is 382 g/mol. The molecule has 4 rings (SSSR count). The van der Waals surface area contributed by atoms with Crippen LogP contribution in [0.1, 0.15) is 22.8 Å². The number of carbonyl (C=O) groups is 1. The summed E-state index contributed by atoms with van der Waals surface area (Å²) in [5, 5.41) is 14.5. The topological polar surface area (TPSA) is 87.5 Å². The van der Waals surface area contributed by atoms with Crippen LogP contribution in [0, 0.1) is 0 Å². The van der Waals surface area contributed by atoms with Crippen molar-refractivity contribution < 1.29 is 9.90 Å². The fourth-order valence-corrected chi connectivity index (χ4v) is 2.98. The number of phenolic OH excluding ortho intramolecular Hbond substituents is 1. The Morgan fingerprint density at radius 1 is 1.03 bits per heavy atom. The van der Waals surface area contributed by atoms with Crippen LogP contribution in [0.4, 0.5) is 0 Å². The summed E-state index contributed by atoms with van der Waals surface area (Å²) in [5.74, 6) is -0.153. The summed E-state index contributed by atoms with van der Waals surface area (Å²) in [4.78, 5) is 21.6. The molecule has 2 aromatic heterocycles. The average Bonchev–Trinajstić information content (AvgIpc) is 2.77. The van der Waals surface area contributed by atoms with Gasteiger partial charge in [0.1, 0.15) is 5.75 Å². The zero-order chi connectivity index (χ0) is 20.2. The van der Waals surface area contributed by atoms with Crippen LogP contribution in [0.2, 0.25) is 0 Å². The SMILES string of the molecule is C/C(=N\NC(=O)c1cc(-c2ccc(O)cc2)nc2ccccc12)c1cccnc1. The first-order chi connectivity index (χ1) is 14.1. The summed E-state index contributed by atoms with van der Waals surface area (Å²) in [6.07, 6.45) is 3.37. The van der Waals surface area contributed by atoms with Gasteiger partial charge in [0.25, 0.3) is 5.91 Å². The number of nitrogens with zero attached hydrogens (tertiary/aromatic N) is 3. The third-order valence-corrected chi connectivity index (χ3v) is 4.53. The normalized spacial score (nSPS) is 11.4. The number of aromatic hydroxyl groups is 1. The van der Waals surface area contributed by atoms with E-state index < -0.39 is 0 Å². The van der Waals surface area contributed by atoms with Gasteiger partial charge in [-0.2, -0.15) is 5.10 Å². The Balaban J connectivity index is 1.72. The van der Waals surface area contributed by atoms with Crippen molar-refractivity contribution in [3.05, 3.63) is 90.3 Å². The molecule has 2 aromatic carbocycles. The van der Waals surface area contributed by atoms with Gasteiger partial charge in [-0.1, -0.05) is 24.3 Å². The van der Waals surface area contributed by atoms with E-state index in [9.17, 15) is 9.90 Å². The van der Waals surface area contributed by atoms with Gasteiger partial charge in [-0.25, -0.2) is 10.4 Å². The van der Waals surface area contributed by atoms with Gasteiger partial charge in [0.05, 0.1) is 22.5 Å². The quantitative estimate of drug-likeness (QED) is 0.410. The number of hydrazone groups is 1. The summed E-state index contributed by atoms with van der Waals surface area (Å²) in [6, 6.07) is 19.6. The number of aromatic nitrogens is 2. The van der Waals surface area contributed by atoms with E-state index in [1.165, 1.54) is 0 Å². The van der Waals surface area contributed by atoms with Crippen molar-refractivity contribution in [1.29, 1.82) is 0 Å². The average molecular weight is 382 g/mol. The molecule has 0 radical (unpaired) electrons. The van der Waals surface area contributed by atoms with E-state index in [0.717, 1.165) is 16.5 Å². The lowest BCUT2D eigenvalue weighted by Crippen LogP contribution is -2.20. The van der Waals surface area contributed by atoms with Crippen LogP contribution in [0.25, 0.3) is 22.2 Å². The van der Waals surface area contributed by atoms with Gasteiger partial charge in [0.15, 0.2) is 0 Å². The van der Waals surface area contributed by atoms with E-state index >= 15 is 0 Å². The van der Waals surface area contributed by atoms with Crippen LogP contribution in [0.15, 0.2) is 84.2 Å². The molecule has 6 heteroatoms. The van der Waals surface area contributed by atoms with Crippen molar-refractivity contribution >= 4 is 22.5 Å². The maximum absolute atomic E-state index is 12.9. The molecule has 29 heavy (non-hydrogen) atoms. The number of hydrogen-bond donors (Lipinski definition) is 2. The maximum Gasteiger partial charge on any atom is 0.272 e. The molecular formula is C23H18N4O2. The molecule has 0 saturated heterocycles. The minimum absolute atomic E-state index is 0.174. The molecule has 4 aromatic rings. The van der Waals surface area contributed by atoms with Gasteiger partial charge in [-0.3, -0.25) is 9.78 Å². The number of fused-ring (bicyclic) bond motifs is 1. The zero-order valence-corrected chi connectivity index (χ0v) is 15.7. The molecule has 142 valence electrons. The van der Waals surface area contributed by atoms with Gasteiger partial charge in [-0.05, 0) is 49.4 Å². The molecule has 0 spiro atoms. The molecule has 0 aliphatic rings. The number of nitrogens with one attached hydrogen (secondary N) is 1. The highest BCUT2D eigenvalue weighted by Crippen LogP contribution is 2.26. The third kappa shape index (κ3) is 3.96. The van der Waals surface area contributed by atoms with Crippen LogP contribution in [-0.2, 0) is 0 Å². The van der Waals surface area contributed by atoms with Crippen LogP contribution in [0.3, 0.4) is 0 Å². The van der Waals surface area contributed by atoms with Gasteiger partial charge < -0.3 is 5.11 Å². The molecule has 0 aliphatic heterocycles. The molecule has 0 saturated carbocycles. The molecule has 0 unspecified atom stereocenters. The minimum Gasteiger partial charge on any atom is -0.508 e. The van der Waals surface area contributed by atoms with Crippen molar-refractivity contribution in [2.24, 2.45) is 5.10 Å². The fraction of sp³-hybridized carbons (Fsp3) is 0.0435. The molecule has 0 fully saturated rings. The van der Waals surface area contributed by atoms with Crippen molar-refractivity contribution in [3.63, 3.8) is 0 Å². The Labute approximate surface area is 167 Å². The van der Waals surface area contributed by atoms with E-state index in [1.54, 1.807) is 42.7 Å². The predicted molar refractivity (Wildman–Crippen MR) is 113 cm³/mol. The molecule has 1 amide bonds. The number of phenols is 1. The number of amides is 1. The van der Waals surface area contributed by atoms with Crippen molar-refractivity contribution in [3.8, 4) is 17.0 Å². The summed E-state index contributed by atoms with van der Waals surface area (Å²) >= 11 is 0. The number of rotatable bonds is 4. The lowest BCUT2D eigenvalue weighted by molar-refractivity contribution is 0.0956. The van der Waals surface area contributed by atoms with Gasteiger partial charge in [-0.15, -0.1) is 0 Å². The minimum atomic E-state index is -0.327.